The second-order valence-corrected chi connectivity index (χ2v) is 6.67. The maximum Gasteiger partial charge on any atom is 0.159 e. The van der Waals surface area contributed by atoms with Crippen LogP contribution >= 0.6 is 11.6 Å². The first-order chi connectivity index (χ1) is 9.56. The fourth-order valence-electron chi connectivity index (χ4n) is 3.80. The predicted molar refractivity (Wildman–Crippen MR) is 77.1 cm³/mol. The van der Waals surface area contributed by atoms with Gasteiger partial charge in [-0.05, 0) is 33.1 Å². The summed E-state index contributed by atoms with van der Waals surface area (Å²) in [4.78, 5) is 4.75. The maximum absolute atomic E-state index is 6.37. The van der Waals surface area contributed by atoms with Gasteiger partial charge in [-0.3, -0.25) is 4.68 Å². The molecule has 2 aliphatic heterocycles. The summed E-state index contributed by atoms with van der Waals surface area (Å²) in [6.07, 6.45) is 4.12. The number of hydrogen-bond donors (Lipinski definition) is 0. The van der Waals surface area contributed by atoms with Gasteiger partial charge in [0.2, 0.25) is 0 Å². The van der Waals surface area contributed by atoms with Crippen LogP contribution in [0.3, 0.4) is 0 Å². The molecule has 0 saturated carbocycles. The first-order valence-electron chi connectivity index (χ1n) is 7.27. The Bertz CT molecular complexity index is 674. The van der Waals surface area contributed by atoms with Crippen molar-refractivity contribution in [3.63, 3.8) is 0 Å². The van der Waals surface area contributed by atoms with E-state index in [1.165, 1.54) is 6.42 Å². The number of aromatic nitrogens is 4. The lowest BCUT2D eigenvalue weighted by molar-refractivity contribution is 0.0938. The lowest BCUT2D eigenvalue weighted by atomic mass is 9.95. The molecule has 2 aromatic rings. The Balaban J connectivity index is 1.93. The Labute approximate surface area is 122 Å². The van der Waals surface area contributed by atoms with Gasteiger partial charge in [0.1, 0.15) is 11.3 Å². The molecule has 0 aliphatic carbocycles. The van der Waals surface area contributed by atoms with Crippen LogP contribution in [0.1, 0.15) is 49.1 Å². The molecule has 108 valence electrons. The number of halogens is 1. The molecule has 0 N–H and O–H groups in total. The number of hydrogen-bond acceptors (Lipinski definition) is 3. The average Bonchev–Trinajstić information content (AvgIpc) is 3.12. The third-order valence-corrected chi connectivity index (χ3v) is 4.82. The number of nitrogens with zero attached hydrogens (tertiary/aromatic N) is 4. The van der Waals surface area contributed by atoms with Crippen LogP contribution in [0.4, 0.5) is 0 Å². The van der Waals surface area contributed by atoms with E-state index in [-0.39, 0.29) is 5.38 Å². The van der Waals surface area contributed by atoms with Gasteiger partial charge in [0, 0.05) is 7.05 Å². The van der Waals surface area contributed by atoms with Gasteiger partial charge in [0.25, 0.3) is 0 Å². The van der Waals surface area contributed by atoms with Crippen molar-refractivity contribution in [2.45, 2.75) is 56.7 Å². The van der Waals surface area contributed by atoms with Crippen molar-refractivity contribution in [2.24, 2.45) is 7.05 Å². The second kappa shape index (κ2) is 4.21. The zero-order chi connectivity index (χ0) is 14.0. The molecule has 2 bridgehead atoms. The van der Waals surface area contributed by atoms with E-state index in [0.717, 1.165) is 35.5 Å². The van der Waals surface area contributed by atoms with Gasteiger partial charge in [0.15, 0.2) is 5.65 Å². The van der Waals surface area contributed by atoms with Crippen LogP contribution in [0.5, 0.6) is 0 Å². The summed E-state index contributed by atoms with van der Waals surface area (Å²) in [6, 6.07) is 0.352. The van der Waals surface area contributed by atoms with E-state index in [4.69, 9.17) is 21.3 Å². The third-order valence-electron chi connectivity index (χ3n) is 4.62. The van der Waals surface area contributed by atoms with E-state index in [9.17, 15) is 0 Å². The topological polar surface area (TPSA) is 44.9 Å². The number of rotatable bonds is 2. The molecule has 0 amide bonds. The molecule has 6 heteroatoms. The lowest BCUT2D eigenvalue weighted by Gasteiger charge is -2.23. The summed E-state index contributed by atoms with van der Waals surface area (Å²) in [5.74, 6) is 0.943. The van der Waals surface area contributed by atoms with Gasteiger partial charge < -0.3 is 9.30 Å². The van der Waals surface area contributed by atoms with Crippen molar-refractivity contribution in [1.29, 1.82) is 0 Å². The van der Waals surface area contributed by atoms with Crippen molar-refractivity contribution in [1.82, 2.24) is 19.3 Å². The van der Waals surface area contributed by atoms with Gasteiger partial charge >= 0.3 is 0 Å². The first-order valence-corrected chi connectivity index (χ1v) is 7.71. The Morgan fingerprint density at radius 3 is 2.80 bits per heavy atom. The Kier molecular flexibility index (Phi) is 2.67. The molecule has 2 aliphatic rings. The molecule has 4 atom stereocenters. The van der Waals surface area contributed by atoms with Gasteiger partial charge in [-0.25, -0.2) is 4.98 Å². The summed E-state index contributed by atoms with van der Waals surface area (Å²) in [5.41, 5.74) is 3.01. The molecule has 2 aromatic heterocycles. The molecular weight excluding hydrogens is 276 g/mol. The highest BCUT2D eigenvalue weighted by molar-refractivity contribution is 6.20. The SMILES string of the molecule is Cc1nn(C)c2c1nc(C(C)Cl)n2C1CC2CCC1O2. The number of fused-ring (bicyclic) bond motifs is 3. The van der Waals surface area contributed by atoms with Crippen LogP contribution in [0.25, 0.3) is 11.2 Å². The van der Waals surface area contributed by atoms with Crippen LogP contribution in [0, 0.1) is 6.92 Å². The molecule has 20 heavy (non-hydrogen) atoms. The summed E-state index contributed by atoms with van der Waals surface area (Å²) in [5, 5.41) is 4.38. The fourth-order valence-corrected chi connectivity index (χ4v) is 3.96. The number of alkyl halides is 1. The zero-order valence-corrected chi connectivity index (χ0v) is 12.8. The smallest absolute Gasteiger partial charge is 0.159 e. The molecule has 4 rings (SSSR count). The minimum Gasteiger partial charge on any atom is -0.373 e. The van der Waals surface area contributed by atoms with Crippen molar-refractivity contribution >= 4 is 22.8 Å². The summed E-state index contributed by atoms with van der Waals surface area (Å²) >= 11 is 6.37. The third kappa shape index (κ3) is 1.59. The van der Waals surface area contributed by atoms with Crippen molar-refractivity contribution < 1.29 is 4.74 Å². The van der Waals surface area contributed by atoms with E-state index in [1.807, 2.05) is 25.6 Å². The Hall–Kier alpha value is -1.07. The molecule has 5 nitrogen and oxygen atoms in total. The second-order valence-electron chi connectivity index (χ2n) is 6.01. The molecular formula is C14H19ClN4O. The lowest BCUT2D eigenvalue weighted by Crippen LogP contribution is -2.24. The van der Waals surface area contributed by atoms with Crippen molar-refractivity contribution in [3.8, 4) is 0 Å². The molecule has 0 aromatic carbocycles. The van der Waals surface area contributed by atoms with E-state index in [2.05, 4.69) is 9.67 Å². The van der Waals surface area contributed by atoms with Crippen LogP contribution in [0.15, 0.2) is 0 Å². The number of imidazole rings is 1. The minimum absolute atomic E-state index is 0.110. The highest BCUT2D eigenvalue weighted by Crippen LogP contribution is 2.44. The highest BCUT2D eigenvalue weighted by atomic mass is 35.5. The van der Waals surface area contributed by atoms with E-state index in [1.54, 1.807) is 0 Å². The van der Waals surface area contributed by atoms with Crippen LogP contribution < -0.4 is 0 Å². The molecule has 2 saturated heterocycles. The largest absolute Gasteiger partial charge is 0.373 e. The summed E-state index contributed by atoms with van der Waals surface area (Å²) in [6.45, 7) is 3.98. The fraction of sp³-hybridized carbons (Fsp3) is 0.714. The van der Waals surface area contributed by atoms with Crippen LogP contribution in [-0.2, 0) is 11.8 Å². The minimum atomic E-state index is -0.110. The molecule has 4 heterocycles. The quantitative estimate of drug-likeness (QED) is 0.800. The Morgan fingerprint density at radius 2 is 2.20 bits per heavy atom. The highest BCUT2D eigenvalue weighted by Gasteiger charge is 2.43. The number of ether oxygens (including phenoxy) is 1. The molecule has 4 unspecified atom stereocenters. The van der Waals surface area contributed by atoms with Crippen molar-refractivity contribution in [2.75, 3.05) is 0 Å². The van der Waals surface area contributed by atoms with Crippen LogP contribution in [-0.4, -0.2) is 31.5 Å². The maximum atomic E-state index is 6.37. The van der Waals surface area contributed by atoms with Gasteiger partial charge in [-0.2, -0.15) is 5.10 Å². The summed E-state index contributed by atoms with van der Waals surface area (Å²) in [7, 11) is 1.98. The average molecular weight is 295 g/mol. The van der Waals surface area contributed by atoms with E-state index < -0.39 is 0 Å². The predicted octanol–water partition coefficient (Wildman–Crippen LogP) is 2.87. The van der Waals surface area contributed by atoms with Gasteiger partial charge in [-0.1, -0.05) is 0 Å². The molecule has 0 radical (unpaired) electrons. The first kappa shape index (κ1) is 12.7. The van der Waals surface area contributed by atoms with Crippen molar-refractivity contribution in [3.05, 3.63) is 11.5 Å². The Morgan fingerprint density at radius 1 is 1.40 bits per heavy atom. The van der Waals surface area contributed by atoms with Crippen LogP contribution in [0.2, 0.25) is 0 Å². The van der Waals surface area contributed by atoms with Gasteiger partial charge in [-0.15, -0.1) is 11.6 Å². The number of aryl methyl sites for hydroxylation is 2. The standard InChI is InChI=1S/C14H19ClN4O/c1-7(15)13-16-12-8(2)17-18(3)14(12)19(13)10-6-9-4-5-11(10)20-9/h7,9-11H,4-6H2,1-3H3. The molecule has 0 spiro atoms. The monoisotopic (exact) mass is 294 g/mol. The van der Waals surface area contributed by atoms with E-state index in [0.29, 0.717) is 18.2 Å². The molecule has 2 fully saturated rings. The van der Waals surface area contributed by atoms with Gasteiger partial charge in [0.05, 0.1) is 29.3 Å². The van der Waals surface area contributed by atoms with E-state index >= 15 is 0 Å². The normalized spacial score (nSPS) is 30.5. The summed E-state index contributed by atoms with van der Waals surface area (Å²) < 4.78 is 10.2. The zero-order valence-electron chi connectivity index (χ0n) is 12.0.